The molecule has 0 saturated carbocycles. The van der Waals surface area contributed by atoms with Gasteiger partial charge < -0.3 is 0 Å². The van der Waals surface area contributed by atoms with E-state index in [-0.39, 0.29) is 12.4 Å². The fourth-order valence-electron chi connectivity index (χ4n) is 1.34. The maximum Gasteiger partial charge on any atom is 0.0250 e. The molecule has 0 heterocycles. The third-order valence-electron chi connectivity index (χ3n) is 1.81. The molecular weight excluding hydrogens is 202 g/mol. The van der Waals surface area contributed by atoms with E-state index in [0.29, 0.717) is 4.75 Å². The minimum Gasteiger partial charge on any atom is -0.256 e. The van der Waals surface area contributed by atoms with Crippen LogP contribution in [0.4, 0.5) is 0 Å². The van der Waals surface area contributed by atoms with E-state index in [1.54, 1.807) is 0 Å². The second-order valence-corrected chi connectivity index (χ2v) is 6.14. The molecule has 0 aromatic carbocycles. The van der Waals surface area contributed by atoms with Gasteiger partial charge in [0.2, 0.25) is 0 Å². The lowest BCUT2D eigenvalue weighted by Crippen LogP contribution is -2.20. The van der Waals surface area contributed by atoms with Crippen molar-refractivity contribution in [1.29, 1.82) is 0 Å². The van der Waals surface area contributed by atoms with Gasteiger partial charge in [0.25, 0.3) is 0 Å². The quantitative estimate of drug-likeness (QED) is 0.497. The van der Waals surface area contributed by atoms with Gasteiger partial charge in [-0.1, -0.05) is 38.1 Å². The number of nitrogens with zero attached hydrogens (tertiary/aromatic N) is 1. The SMILES string of the molecule is CCCCCC(C)(C)SN(C)C.Cl. The Kier molecular flexibility index (Phi) is 9.82. The molecule has 0 aromatic heterocycles. The second kappa shape index (κ2) is 7.95. The summed E-state index contributed by atoms with van der Waals surface area (Å²) in [6, 6.07) is 0. The molecular formula is C10H24ClNS. The average molecular weight is 226 g/mol. The van der Waals surface area contributed by atoms with Crippen molar-refractivity contribution in [3.8, 4) is 0 Å². The molecule has 0 bridgehead atoms. The Balaban J connectivity index is 0. The molecule has 0 aliphatic rings. The van der Waals surface area contributed by atoms with Crippen LogP contribution in [0.3, 0.4) is 0 Å². The summed E-state index contributed by atoms with van der Waals surface area (Å²) in [5, 5.41) is 0. The van der Waals surface area contributed by atoms with Gasteiger partial charge in [-0.15, -0.1) is 12.4 Å². The lowest BCUT2D eigenvalue weighted by atomic mass is 10.0. The van der Waals surface area contributed by atoms with Gasteiger partial charge in [0.1, 0.15) is 0 Å². The molecule has 0 fully saturated rings. The molecule has 1 nitrogen and oxygen atoms in total. The summed E-state index contributed by atoms with van der Waals surface area (Å²) in [5.41, 5.74) is 0. The Hall–Kier alpha value is 0.600. The van der Waals surface area contributed by atoms with E-state index >= 15 is 0 Å². The molecule has 0 radical (unpaired) electrons. The van der Waals surface area contributed by atoms with Gasteiger partial charge in [0.05, 0.1) is 0 Å². The predicted octanol–water partition coefficient (Wildman–Crippen LogP) is 3.98. The van der Waals surface area contributed by atoms with Crippen molar-refractivity contribution >= 4 is 24.4 Å². The lowest BCUT2D eigenvalue weighted by Gasteiger charge is -2.26. The first-order valence-electron chi connectivity index (χ1n) is 4.84. The van der Waals surface area contributed by atoms with Gasteiger partial charge >= 0.3 is 0 Å². The topological polar surface area (TPSA) is 3.24 Å². The first-order valence-corrected chi connectivity index (χ1v) is 5.62. The van der Waals surface area contributed by atoms with Crippen LogP contribution in [-0.4, -0.2) is 23.1 Å². The van der Waals surface area contributed by atoms with Crippen molar-refractivity contribution < 1.29 is 0 Å². The molecule has 0 N–H and O–H groups in total. The Morgan fingerprint density at radius 3 is 2.08 bits per heavy atom. The molecule has 0 spiro atoms. The van der Waals surface area contributed by atoms with Crippen molar-refractivity contribution in [1.82, 2.24) is 4.31 Å². The third kappa shape index (κ3) is 10.5. The van der Waals surface area contributed by atoms with E-state index in [1.165, 1.54) is 25.7 Å². The highest BCUT2D eigenvalue weighted by atomic mass is 35.5. The van der Waals surface area contributed by atoms with Crippen molar-refractivity contribution in [2.24, 2.45) is 0 Å². The van der Waals surface area contributed by atoms with E-state index in [1.807, 2.05) is 11.9 Å². The van der Waals surface area contributed by atoms with E-state index in [2.05, 4.69) is 39.2 Å². The first kappa shape index (κ1) is 16.0. The van der Waals surface area contributed by atoms with Crippen LogP contribution >= 0.6 is 24.4 Å². The number of unbranched alkanes of at least 4 members (excludes halogenated alkanes) is 2. The Morgan fingerprint density at radius 1 is 1.15 bits per heavy atom. The van der Waals surface area contributed by atoms with Gasteiger partial charge in [0.15, 0.2) is 0 Å². The molecule has 3 heteroatoms. The molecule has 82 valence electrons. The summed E-state index contributed by atoms with van der Waals surface area (Å²) in [4.78, 5) is 0. The average Bonchev–Trinajstić information content (AvgIpc) is 1.84. The Morgan fingerprint density at radius 2 is 1.69 bits per heavy atom. The van der Waals surface area contributed by atoms with Crippen molar-refractivity contribution in [2.75, 3.05) is 14.1 Å². The van der Waals surface area contributed by atoms with Gasteiger partial charge in [0, 0.05) is 4.75 Å². The number of hydrogen-bond acceptors (Lipinski definition) is 2. The standard InChI is InChI=1S/C10H23NS.ClH/c1-6-7-8-9-10(2,3)12-11(4)5;/h6-9H2,1-5H3;1H. The fraction of sp³-hybridized carbons (Fsp3) is 1.00. The normalized spacial score (nSPS) is 11.5. The summed E-state index contributed by atoms with van der Waals surface area (Å²) in [6.07, 6.45) is 5.38. The summed E-state index contributed by atoms with van der Waals surface area (Å²) >= 11 is 1.94. The minimum atomic E-state index is 0. The molecule has 0 rings (SSSR count). The summed E-state index contributed by atoms with van der Waals surface area (Å²) in [6.45, 7) is 6.91. The van der Waals surface area contributed by atoms with Crippen LogP contribution in [0.15, 0.2) is 0 Å². The Labute approximate surface area is 94.2 Å². The molecule has 0 unspecified atom stereocenters. The van der Waals surface area contributed by atoms with E-state index in [9.17, 15) is 0 Å². The maximum atomic E-state index is 2.33. The highest BCUT2D eigenvalue weighted by Gasteiger charge is 2.18. The van der Waals surface area contributed by atoms with Gasteiger partial charge in [-0.3, -0.25) is 4.31 Å². The number of halogens is 1. The second-order valence-electron chi connectivity index (χ2n) is 4.12. The van der Waals surface area contributed by atoms with Crippen molar-refractivity contribution in [3.05, 3.63) is 0 Å². The minimum absolute atomic E-state index is 0. The summed E-state index contributed by atoms with van der Waals surface area (Å²) < 4.78 is 2.62. The smallest absolute Gasteiger partial charge is 0.0250 e. The first-order chi connectivity index (χ1) is 5.48. The zero-order valence-electron chi connectivity index (χ0n) is 9.59. The van der Waals surface area contributed by atoms with E-state index in [0.717, 1.165) is 0 Å². The molecule has 0 aromatic rings. The van der Waals surface area contributed by atoms with Gasteiger partial charge in [-0.25, -0.2) is 0 Å². The van der Waals surface area contributed by atoms with Crippen LogP contribution < -0.4 is 0 Å². The molecule has 0 aliphatic carbocycles. The molecule has 13 heavy (non-hydrogen) atoms. The number of hydrogen-bond donors (Lipinski definition) is 0. The van der Waals surface area contributed by atoms with Crippen LogP contribution in [0.2, 0.25) is 0 Å². The third-order valence-corrected chi connectivity index (χ3v) is 2.88. The number of rotatable bonds is 6. The van der Waals surface area contributed by atoms with Crippen LogP contribution in [0.25, 0.3) is 0 Å². The fourth-order valence-corrected chi connectivity index (χ4v) is 2.56. The Bertz CT molecular complexity index is 115. The van der Waals surface area contributed by atoms with Crippen LogP contribution in [0.1, 0.15) is 46.5 Å². The van der Waals surface area contributed by atoms with Crippen LogP contribution in [-0.2, 0) is 0 Å². The van der Waals surface area contributed by atoms with E-state index < -0.39 is 0 Å². The largest absolute Gasteiger partial charge is 0.256 e. The monoisotopic (exact) mass is 225 g/mol. The summed E-state index contributed by atoms with van der Waals surface area (Å²) in [5.74, 6) is 0. The van der Waals surface area contributed by atoms with Crippen molar-refractivity contribution in [3.63, 3.8) is 0 Å². The molecule has 0 amide bonds. The predicted molar refractivity (Wildman–Crippen MR) is 66.7 cm³/mol. The molecule has 0 atom stereocenters. The highest BCUT2D eigenvalue weighted by Crippen LogP contribution is 2.30. The van der Waals surface area contributed by atoms with Crippen LogP contribution in [0, 0.1) is 0 Å². The maximum absolute atomic E-state index is 2.33. The zero-order valence-corrected chi connectivity index (χ0v) is 11.2. The molecule has 0 saturated heterocycles. The van der Waals surface area contributed by atoms with Crippen LogP contribution in [0.5, 0.6) is 0 Å². The molecule has 0 aliphatic heterocycles. The van der Waals surface area contributed by atoms with Crippen molar-refractivity contribution in [2.45, 2.75) is 51.2 Å². The van der Waals surface area contributed by atoms with Gasteiger partial charge in [-0.2, -0.15) is 0 Å². The summed E-state index contributed by atoms with van der Waals surface area (Å²) in [7, 11) is 4.23. The zero-order chi connectivity index (χ0) is 9.61. The lowest BCUT2D eigenvalue weighted by molar-refractivity contribution is 0.554. The van der Waals surface area contributed by atoms with Gasteiger partial charge in [-0.05, 0) is 34.4 Å². The van der Waals surface area contributed by atoms with E-state index in [4.69, 9.17) is 0 Å². The highest BCUT2D eigenvalue weighted by molar-refractivity contribution is 7.98.